The summed E-state index contributed by atoms with van der Waals surface area (Å²) >= 11 is 2.01. The Balaban J connectivity index is 1.50. The van der Waals surface area contributed by atoms with Crippen molar-refractivity contribution in [3.63, 3.8) is 0 Å². The first-order valence-electron chi connectivity index (χ1n) is 9.19. The van der Waals surface area contributed by atoms with Gasteiger partial charge in [0.05, 0.1) is 6.20 Å². The lowest BCUT2D eigenvalue weighted by Crippen LogP contribution is -2.74. The minimum Gasteiger partial charge on any atom is -0.587 e. The molecule has 2 fully saturated rings. The van der Waals surface area contributed by atoms with Gasteiger partial charge >= 0.3 is 5.97 Å². The maximum absolute atomic E-state index is 13.0. The molecule has 0 spiro atoms. The van der Waals surface area contributed by atoms with E-state index in [9.17, 15) is 24.0 Å². The Hall–Kier alpha value is -1.67. The third kappa shape index (κ3) is 4.09. The number of carboxylic acids is 1. The molecule has 2 aromatic heterocycles. The van der Waals surface area contributed by atoms with E-state index in [2.05, 4.69) is 4.98 Å². The number of thioether (sulfide) groups is 2. The van der Waals surface area contributed by atoms with Crippen LogP contribution >= 0.6 is 34.9 Å². The van der Waals surface area contributed by atoms with Crippen LogP contribution < -0.4 is 0 Å². The smallest absolute Gasteiger partial charge is 0.313 e. The van der Waals surface area contributed by atoms with Crippen molar-refractivity contribution in [2.75, 3.05) is 18.1 Å². The minimum absolute atomic E-state index is 0.0207. The Morgan fingerprint density at radius 2 is 2.32 bits per heavy atom. The maximum Gasteiger partial charge on any atom is 0.313 e. The second kappa shape index (κ2) is 8.70. The van der Waals surface area contributed by atoms with Crippen molar-refractivity contribution < 1.29 is 28.5 Å². The molecular formula is C18H19N3O6S4. The number of rotatable bonds is 7. The number of aliphatic carboxylic acids is 1. The summed E-state index contributed by atoms with van der Waals surface area (Å²) in [4.78, 5) is 42.9. The second-order valence-electron chi connectivity index (χ2n) is 7.21. The first-order chi connectivity index (χ1) is 14.7. The highest BCUT2D eigenvalue weighted by Gasteiger charge is 2.62. The van der Waals surface area contributed by atoms with Gasteiger partial charge in [-0.25, -0.2) is 4.98 Å². The van der Waals surface area contributed by atoms with Crippen molar-refractivity contribution >= 4 is 64.0 Å². The molecule has 4 heterocycles. The van der Waals surface area contributed by atoms with Crippen LogP contribution in [-0.4, -0.2) is 71.1 Å². The molecule has 0 bridgehead atoms. The van der Waals surface area contributed by atoms with Gasteiger partial charge < -0.3 is 19.0 Å². The summed E-state index contributed by atoms with van der Waals surface area (Å²) in [6, 6.07) is 2.51. The van der Waals surface area contributed by atoms with E-state index in [0.29, 0.717) is 15.2 Å². The number of thiophene rings is 1. The molecule has 2 amide bonds. The van der Waals surface area contributed by atoms with Crippen LogP contribution in [0.4, 0.5) is 0 Å². The molecule has 1 N–H and O–H groups in total. The average Bonchev–Trinajstić information content (AvgIpc) is 3.41. The molecule has 31 heavy (non-hydrogen) atoms. The molecule has 2 aliphatic heterocycles. The quantitative estimate of drug-likeness (QED) is 0.344. The van der Waals surface area contributed by atoms with Gasteiger partial charge in [-0.3, -0.25) is 14.4 Å². The van der Waals surface area contributed by atoms with Crippen LogP contribution in [0.2, 0.25) is 0 Å². The number of oxazole rings is 1. The molecule has 4 rings (SSSR count). The van der Waals surface area contributed by atoms with Crippen molar-refractivity contribution in [1.82, 2.24) is 14.2 Å². The lowest BCUT2D eigenvalue weighted by Gasteiger charge is -2.54. The number of fused-ring (bicyclic) bond motifs is 1. The van der Waals surface area contributed by atoms with E-state index in [1.165, 1.54) is 46.7 Å². The number of β-lactam (4-membered cyclic amide) rings is 1. The Bertz CT molecular complexity index is 998. The number of carboxylic acid groups (broad SMARTS) is 1. The number of carbonyl (C=O) groups is 3. The van der Waals surface area contributed by atoms with E-state index in [1.807, 2.05) is 0 Å². The molecule has 4 atom stereocenters. The molecule has 2 aliphatic rings. The van der Waals surface area contributed by atoms with Crippen LogP contribution in [0.5, 0.6) is 0 Å². The summed E-state index contributed by atoms with van der Waals surface area (Å²) < 4.78 is 19.9. The Morgan fingerprint density at radius 1 is 1.55 bits per heavy atom. The summed E-state index contributed by atoms with van der Waals surface area (Å²) in [5.74, 6) is -0.883. The summed E-state index contributed by atoms with van der Waals surface area (Å²) in [5.41, 5.74) is -1.17. The predicted octanol–water partition coefficient (Wildman–Crippen LogP) is 2.06. The number of amides is 2. The Labute approximate surface area is 193 Å². The third-order valence-electron chi connectivity index (χ3n) is 5.07. The number of carbonyl (C=O) groups excluding carboxylic acids is 2. The van der Waals surface area contributed by atoms with Gasteiger partial charge in [0.2, 0.25) is 4.21 Å². The van der Waals surface area contributed by atoms with Crippen molar-refractivity contribution in [2.45, 2.75) is 34.6 Å². The van der Waals surface area contributed by atoms with Gasteiger partial charge in [-0.1, -0.05) is 23.1 Å². The van der Waals surface area contributed by atoms with Crippen molar-refractivity contribution in [2.24, 2.45) is 5.41 Å². The predicted molar refractivity (Wildman–Crippen MR) is 117 cm³/mol. The van der Waals surface area contributed by atoms with Crippen molar-refractivity contribution in [1.29, 1.82) is 0 Å². The Morgan fingerprint density at radius 3 is 2.90 bits per heavy atom. The highest BCUT2D eigenvalue weighted by molar-refractivity contribution is 8.00. The highest BCUT2D eigenvalue weighted by Crippen LogP contribution is 2.46. The Kier molecular flexibility index (Phi) is 6.32. The lowest BCUT2D eigenvalue weighted by molar-refractivity contribution is -0.161. The van der Waals surface area contributed by atoms with Gasteiger partial charge in [0.15, 0.2) is 17.0 Å². The SMILES string of the molecule is CC(=O)N(C1C(=O)N2CC(CSc3cnc(C)o3)(C(=O)O)CS[C@H]12)[S+]([O-])c1cccs1. The normalized spacial score (nSPS) is 26.2. The molecule has 2 aromatic rings. The maximum atomic E-state index is 13.0. The molecule has 0 aromatic carbocycles. The van der Waals surface area contributed by atoms with Gasteiger partial charge in [0, 0.05) is 38.0 Å². The van der Waals surface area contributed by atoms with Crippen LogP contribution in [-0.2, 0) is 25.7 Å². The van der Waals surface area contributed by atoms with Gasteiger partial charge in [-0.05, 0) is 11.4 Å². The zero-order chi connectivity index (χ0) is 22.3. The zero-order valence-electron chi connectivity index (χ0n) is 16.5. The monoisotopic (exact) mass is 501 g/mol. The van der Waals surface area contributed by atoms with Gasteiger partial charge in [0.1, 0.15) is 22.2 Å². The molecular weight excluding hydrogens is 482 g/mol. The third-order valence-corrected chi connectivity index (χ3v) is 10.5. The average molecular weight is 502 g/mol. The topological polar surface area (TPSA) is 127 Å². The molecule has 2 saturated heterocycles. The number of hydrogen-bond donors (Lipinski definition) is 1. The molecule has 166 valence electrons. The number of nitrogens with zero attached hydrogens (tertiary/aromatic N) is 3. The van der Waals surface area contributed by atoms with Gasteiger partial charge in [0.25, 0.3) is 11.8 Å². The van der Waals surface area contributed by atoms with Crippen LogP contribution in [0, 0.1) is 12.3 Å². The molecule has 0 saturated carbocycles. The van der Waals surface area contributed by atoms with Crippen molar-refractivity contribution in [3.8, 4) is 0 Å². The second-order valence-corrected chi connectivity index (χ2v) is 11.8. The fourth-order valence-corrected chi connectivity index (χ4v) is 8.51. The molecule has 13 heteroatoms. The largest absolute Gasteiger partial charge is 0.587 e. The molecule has 9 nitrogen and oxygen atoms in total. The van der Waals surface area contributed by atoms with Crippen molar-refractivity contribution in [3.05, 3.63) is 29.6 Å². The summed E-state index contributed by atoms with van der Waals surface area (Å²) in [6.45, 7) is 3.01. The number of aryl methyl sites for hydroxylation is 1. The first-order valence-corrected chi connectivity index (χ1v) is 13.2. The van der Waals surface area contributed by atoms with E-state index < -0.39 is 40.1 Å². The summed E-state index contributed by atoms with van der Waals surface area (Å²) in [6.07, 6.45) is 1.55. The van der Waals surface area contributed by atoms with Crippen LogP contribution in [0.1, 0.15) is 12.8 Å². The standard InChI is InChI=1S/C18H19N3O6S4/c1-10-19-6-12(27-10)29-8-18(17(24)25)7-20-15(23)14(16(20)30-9-18)21(11(2)22)31(26)13-4-3-5-28-13/h3-6,14,16H,7-9H2,1-2H3,(H,24,25)/t14?,16-,18?,31?/m1/s1. The van der Waals surface area contributed by atoms with E-state index in [0.717, 1.165) is 4.31 Å². The highest BCUT2D eigenvalue weighted by atomic mass is 32.2. The number of hydrogen-bond acceptors (Lipinski definition) is 9. The first kappa shape index (κ1) is 22.5. The number of aromatic nitrogens is 1. The zero-order valence-corrected chi connectivity index (χ0v) is 19.8. The van der Waals surface area contributed by atoms with Crippen LogP contribution in [0.25, 0.3) is 0 Å². The van der Waals surface area contributed by atoms with Crippen LogP contribution in [0.15, 0.2) is 37.4 Å². The van der Waals surface area contributed by atoms with E-state index in [4.69, 9.17) is 4.42 Å². The van der Waals surface area contributed by atoms with E-state index in [-0.39, 0.29) is 24.0 Å². The molecule has 0 radical (unpaired) electrons. The molecule has 0 aliphatic carbocycles. The fraction of sp³-hybridized carbons (Fsp3) is 0.444. The van der Waals surface area contributed by atoms with E-state index in [1.54, 1.807) is 30.6 Å². The van der Waals surface area contributed by atoms with Gasteiger partial charge in [-0.15, -0.1) is 16.1 Å². The summed E-state index contributed by atoms with van der Waals surface area (Å²) in [5, 5.41) is 11.8. The minimum atomic E-state index is -1.79. The fourth-order valence-electron chi connectivity index (χ4n) is 3.46. The van der Waals surface area contributed by atoms with E-state index >= 15 is 0 Å². The lowest BCUT2D eigenvalue weighted by atomic mass is 9.89. The summed E-state index contributed by atoms with van der Waals surface area (Å²) in [7, 11) is 0. The van der Waals surface area contributed by atoms with Crippen LogP contribution in [0.3, 0.4) is 0 Å². The van der Waals surface area contributed by atoms with Gasteiger partial charge in [-0.2, -0.15) is 0 Å². The molecule has 3 unspecified atom stereocenters.